The van der Waals surface area contributed by atoms with Crippen molar-refractivity contribution in [2.45, 2.75) is 5.92 Å². The molecule has 0 radical (unpaired) electrons. The van der Waals surface area contributed by atoms with Crippen molar-refractivity contribution in [3.05, 3.63) is 74.2 Å². The predicted molar refractivity (Wildman–Crippen MR) is 134 cm³/mol. The van der Waals surface area contributed by atoms with Gasteiger partial charge in [-0.25, -0.2) is 4.79 Å². The highest BCUT2D eigenvalue weighted by atomic mass is 35.5. The molecule has 0 unspecified atom stereocenters. The topological polar surface area (TPSA) is 135 Å². The van der Waals surface area contributed by atoms with Gasteiger partial charge in [-0.2, -0.15) is 5.26 Å². The maximum absolute atomic E-state index is 12.9. The number of nitriles is 1. The predicted octanol–water partition coefficient (Wildman–Crippen LogP) is 3.89. The Balaban J connectivity index is 1.90. The summed E-state index contributed by atoms with van der Waals surface area (Å²) in [6.07, 6.45) is 0. The minimum atomic E-state index is -1.34. The lowest BCUT2D eigenvalue weighted by Gasteiger charge is -2.31. The fourth-order valence-electron chi connectivity index (χ4n) is 3.53. The van der Waals surface area contributed by atoms with Crippen molar-refractivity contribution in [1.82, 2.24) is 5.32 Å². The van der Waals surface area contributed by atoms with Crippen LogP contribution in [0.1, 0.15) is 21.8 Å². The van der Waals surface area contributed by atoms with E-state index < -0.39 is 35.6 Å². The number of carbonyl (C=O) groups excluding carboxylic acids is 4. The van der Waals surface area contributed by atoms with Gasteiger partial charge in [-0.1, -0.05) is 47.1 Å². The first-order valence-corrected chi connectivity index (χ1v) is 12.0. The number of amides is 2. The first-order valence-electron chi connectivity index (χ1n) is 10.3. The van der Waals surface area contributed by atoms with Gasteiger partial charge in [-0.15, -0.1) is 0 Å². The molecular formula is C24H19Cl2N3O6S. The minimum Gasteiger partial charge on any atom is -0.468 e. The third kappa shape index (κ3) is 5.99. The highest BCUT2D eigenvalue weighted by Crippen LogP contribution is 2.40. The summed E-state index contributed by atoms with van der Waals surface area (Å²) in [5.74, 6) is -5.00. The molecule has 0 aliphatic carbocycles. The molecule has 2 aromatic rings. The van der Waals surface area contributed by atoms with Crippen LogP contribution in [0.2, 0.25) is 10.0 Å². The van der Waals surface area contributed by atoms with Crippen LogP contribution in [0.5, 0.6) is 0 Å². The third-order valence-electron chi connectivity index (χ3n) is 5.23. The molecule has 0 spiro atoms. The largest absolute Gasteiger partial charge is 0.468 e. The smallest absolute Gasteiger partial charge is 0.337 e. The molecule has 9 nitrogen and oxygen atoms in total. The molecule has 2 amide bonds. The van der Waals surface area contributed by atoms with E-state index in [4.69, 9.17) is 32.7 Å². The van der Waals surface area contributed by atoms with Gasteiger partial charge in [0.1, 0.15) is 5.92 Å². The first-order chi connectivity index (χ1) is 17.2. The van der Waals surface area contributed by atoms with E-state index in [1.807, 2.05) is 6.07 Å². The molecule has 1 aliphatic heterocycles. The van der Waals surface area contributed by atoms with Crippen LogP contribution in [0.4, 0.5) is 5.69 Å². The number of methoxy groups -OCH3 is 2. The molecule has 2 aromatic carbocycles. The Kier molecular flexibility index (Phi) is 8.98. The van der Waals surface area contributed by atoms with Crippen LogP contribution in [-0.4, -0.2) is 43.7 Å². The third-order valence-corrected chi connectivity index (χ3v) is 6.98. The highest BCUT2D eigenvalue weighted by molar-refractivity contribution is 8.03. The number of anilines is 1. The van der Waals surface area contributed by atoms with Gasteiger partial charge in [0.2, 0.25) is 11.8 Å². The van der Waals surface area contributed by atoms with Gasteiger partial charge < -0.3 is 20.1 Å². The summed E-state index contributed by atoms with van der Waals surface area (Å²) in [5, 5.41) is 15.9. The van der Waals surface area contributed by atoms with E-state index in [2.05, 4.69) is 10.6 Å². The van der Waals surface area contributed by atoms with Crippen LogP contribution >= 0.6 is 35.0 Å². The van der Waals surface area contributed by atoms with E-state index in [1.165, 1.54) is 43.5 Å². The summed E-state index contributed by atoms with van der Waals surface area (Å²) < 4.78 is 9.50. The van der Waals surface area contributed by atoms with Crippen LogP contribution in [0.3, 0.4) is 0 Å². The summed E-state index contributed by atoms with van der Waals surface area (Å²) >= 11 is 12.8. The molecule has 2 atom stereocenters. The van der Waals surface area contributed by atoms with Crippen molar-refractivity contribution < 1.29 is 28.7 Å². The lowest BCUT2D eigenvalue weighted by Crippen LogP contribution is -2.44. The molecule has 36 heavy (non-hydrogen) atoms. The number of ether oxygens (including phenoxy) is 2. The Morgan fingerprint density at radius 2 is 1.78 bits per heavy atom. The number of thioether (sulfide) groups is 1. The van der Waals surface area contributed by atoms with Gasteiger partial charge in [0, 0.05) is 11.6 Å². The molecule has 12 heteroatoms. The Labute approximate surface area is 220 Å². The molecule has 2 N–H and O–H groups in total. The SMILES string of the molecule is COC(=O)c1ccc([C@@H]2C(C#N)=C(SCC(=O)Nc3ccc(Cl)c(Cl)c3)NC(=O)[C@H]2C(=O)OC)cc1. The lowest BCUT2D eigenvalue weighted by atomic mass is 9.78. The Hall–Kier alpha value is -3.52. The molecule has 0 fully saturated rings. The summed E-state index contributed by atoms with van der Waals surface area (Å²) in [6.45, 7) is 0. The molecule has 1 aliphatic rings. The zero-order chi connectivity index (χ0) is 26.4. The molecule has 3 rings (SSSR count). The van der Waals surface area contributed by atoms with Crippen molar-refractivity contribution in [3.63, 3.8) is 0 Å². The van der Waals surface area contributed by atoms with E-state index in [-0.39, 0.29) is 26.9 Å². The summed E-state index contributed by atoms with van der Waals surface area (Å²) in [4.78, 5) is 49.7. The number of halogens is 2. The van der Waals surface area contributed by atoms with Crippen LogP contribution in [0.15, 0.2) is 53.1 Å². The Morgan fingerprint density at radius 1 is 1.08 bits per heavy atom. The number of benzene rings is 2. The molecule has 0 saturated heterocycles. The highest BCUT2D eigenvalue weighted by Gasteiger charge is 2.44. The van der Waals surface area contributed by atoms with Gasteiger partial charge in [-0.3, -0.25) is 14.4 Å². The number of hydrogen-bond donors (Lipinski definition) is 2. The van der Waals surface area contributed by atoms with E-state index >= 15 is 0 Å². The maximum atomic E-state index is 12.9. The fraction of sp³-hybridized carbons (Fsp3) is 0.208. The van der Waals surface area contributed by atoms with E-state index in [0.29, 0.717) is 16.3 Å². The number of rotatable bonds is 7. The number of nitrogens with zero attached hydrogens (tertiary/aromatic N) is 1. The average molecular weight is 548 g/mol. The van der Waals surface area contributed by atoms with Gasteiger partial charge >= 0.3 is 11.9 Å². The summed E-state index contributed by atoms with van der Waals surface area (Å²) in [7, 11) is 2.38. The van der Waals surface area contributed by atoms with Gasteiger partial charge in [0.25, 0.3) is 0 Å². The molecule has 0 bridgehead atoms. The average Bonchev–Trinajstić information content (AvgIpc) is 2.88. The standard InChI is InChI=1S/C24H19Cl2N3O6S/c1-34-23(32)13-5-3-12(4-6-13)19-15(10-27)22(29-21(31)20(19)24(33)35-2)36-11-18(30)28-14-7-8-16(25)17(26)9-14/h3-9,19-20H,11H2,1-2H3,(H,28,30)(H,29,31)/t19-,20+/m1/s1. The first kappa shape index (κ1) is 27.1. The molecule has 1 heterocycles. The molecule has 186 valence electrons. The summed E-state index contributed by atoms with van der Waals surface area (Å²) in [5.41, 5.74) is 1.18. The summed E-state index contributed by atoms with van der Waals surface area (Å²) in [6, 6.07) is 12.6. The van der Waals surface area contributed by atoms with Crippen LogP contribution in [0.25, 0.3) is 0 Å². The van der Waals surface area contributed by atoms with Crippen molar-refractivity contribution in [2.24, 2.45) is 5.92 Å². The van der Waals surface area contributed by atoms with Crippen LogP contribution in [-0.2, 0) is 23.9 Å². The van der Waals surface area contributed by atoms with Gasteiger partial charge in [0.05, 0.1) is 52.3 Å². The molecular weight excluding hydrogens is 529 g/mol. The fourth-order valence-corrected chi connectivity index (χ4v) is 4.68. The van der Waals surface area contributed by atoms with Crippen molar-refractivity contribution >= 4 is 64.4 Å². The normalized spacial score (nSPS) is 17.0. The Morgan fingerprint density at radius 3 is 2.36 bits per heavy atom. The molecule has 0 saturated carbocycles. The van der Waals surface area contributed by atoms with E-state index in [0.717, 1.165) is 18.9 Å². The number of carbonyl (C=O) groups is 4. The van der Waals surface area contributed by atoms with Crippen molar-refractivity contribution in [2.75, 3.05) is 25.3 Å². The minimum absolute atomic E-state index is 0.0724. The van der Waals surface area contributed by atoms with Gasteiger partial charge in [-0.05, 0) is 35.9 Å². The second kappa shape index (κ2) is 11.9. The quantitative estimate of drug-likeness (QED) is 0.393. The van der Waals surface area contributed by atoms with E-state index in [9.17, 15) is 24.4 Å². The van der Waals surface area contributed by atoms with Crippen molar-refractivity contribution in [3.8, 4) is 6.07 Å². The van der Waals surface area contributed by atoms with Gasteiger partial charge in [0.15, 0.2) is 0 Å². The number of nitrogens with one attached hydrogen (secondary N) is 2. The number of hydrogen-bond acceptors (Lipinski definition) is 8. The number of esters is 2. The Bertz CT molecular complexity index is 1290. The molecule has 0 aromatic heterocycles. The van der Waals surface area contributed by atoms with Crippen LogP contribution in [0, 0.1) is 17.2 Å². The number of allylic oxidation sites excluding steroid dienone is 1. The lowest BCUT2D eigenvalue weighted by molar-refractivity contribution is -0.150. The van der Waals surface area contributed by atoms with E-state index in [1.54, 1.807) is 6.07 Å². The van der Waals surface area contributed by atoms with Crippen molar-refractivity contribution in [1.29, 1.82) is 5.26 Å². The van der Waals surface area contributed by atoms with Crippen LogP contribution < -0.4 is 10.6 Å². The zero-order valence-corrected chi connectivity index (χ0v) is 21.3. The second-order valence-corrected chi connectivity index (χ2v) is 9.20. The maximum Gasteiger partial charge on any atom is 0.337 e. The zero-order valence-electron chi connectivity index (χ0n) is 19.0. The monoisotopic (exact) mass is 547 g/mol. The second-order valence-electron chi connectivity index (χ2n) is 7.40.